The standard InChI is InChI=1S/C12H6N4O5S2/c17-12(9-3-4-10(22-9)16(20)21)13-11-7-5-6(15(18)19)1-2-8(7)23-14-11/h1-5H,(H,13,14,17). The number of hydrogen-bond donors (Lipinski definition) is 1. The SMILES string of the molecule is O=C(Nc1nsc2ccc([N+](=O)[O-])cc12)c1ccc([N+](=O)[O-])s1. The van der Waals surface area contributed by atoms with Gasteiger partial charge in [0.25, 0.3) is 11.6 Å². The molecule has 0 unspecified atom stereocenters. The fourth-order valence-corrected chi connectivity index (χ4v) is 3.28. The van der Waals surface area contributed by atoms with E-state index in [-0.39, 0.29) is 21.4 Å². The van der Waals surface area contributed by atoms with Crippen LogP contribution in [-0.4, -0.2) is 20.1 Å². The van der Waals surface area contributed by atoms with Crippen LogP contribution in [-0.2, 0) is 0 Å². The number of carbonyl (C=O) groups excluding carboxylic acids is 1. The minimum Gasteiger partial charge on any atom is -0.304 e. The van der Waals surface area contributed by atoms with Crippen molar-refractivity contribution in [1.82, 2.24) is 4.37 Å². The Balaban J connectivity index is 1.91. The average molecular weight is 350 g/mol. The van der Waals surface area contributed by atoms with Crippen molar-refractivity contribution in [2.45, 2.75) is 0 Å². The molecule has 0 fully saturated rings. The zero-order chi connectivity index (χ0) is 16.6. The van der Waals surface area contributed by atoms with Crippen molar-refractivity contribution in [2.24, 2.45) is 0 Å². The van der Waals surface area contributed by atoms with E-state index in [1.807, 2.05) is 0 Å². The maximum Gasteiger partial charge on any atom is 0.324 e. The first-order valence-electron chi connectivity index (χ1n) is 6.05. The number of thiophene rings is 1. The first kappa shape index (κ1) is 15.0. The van der Waals surface area contributed by atoms with Gasteiger partial charge in [-0.1, -0.05) is 11.3 Å². The van der Waals surface area contributed by atoms with Crippen LogP contribution in [0.1, 0.15) is 9.67 Å². The monoisotopic (exact) mass is 350 g/mol. The largest absolute Gasteiger partial charge is 0.324 e. The Morgan fingerprint density at radius 3 is 2.57 bits per heavy atom. The van der Waals surface area contributed by atoms with Gasteiger partial charge in [-0.05, 0) is 23.7 Å². The fraction of sp³-hybridized carbons (Fsp3) is 0. The molecule has 3 aromatic rings. The van der Waals surface area contributed by atoms with Crippen LogP contribution in [0.4, 0.5) is 16.5 Å². The summed E-state index contributed by atoms with van der Waals surface area (Å²) in [6, 6.07) is 6.82. The summed E-state index contributed by atoms with van der Waals surface area (Å²) < 4.78 is 4.74. The van der Waals surface area contributed by atoms with Gasteiger partial charge in [0.15, 0.2) is 5.82 Å². The van der Waals surface area contributed by atoms with E-state index >= 15 is 0 Å². The summed E-state index contributed by atoms with van der Waals surface area (Å²) in [6.07, 6.45) is 0. The highest BCUT2D eigenvalue weighted by Gasteiger charge is 2.18. The predicted octanol–water partition coefficient (Wildman–Crippen LogP) is 3.43. The maximum atomic E-state index is 12.1. The van der Waals surface area contributed by atoms with Gasteiger partial charge in [-0.3, -0.25) is 25.0 Å². The molecule has 23 heavy (non-hydrogen) atoms. The first-order chi connectivity index (χ1) is 11.0. The van der Waals surface area contributed by atoms with E-state index in [4.69, 9.17) is 0 Å². The number of benzene rings is 1. The fourth-order valence-electron chi connectivity index (χ4n) is 1.85. The number of aromatic nitrogens is 1. The summed E-state index contributed by atoms with van der Waals surface area (Å²) in [4.78, 5) is 32.6. The molecule has 2 aromatic heterocycles. The molecular formula is C12H6N4O5S2. The molecule has 2 heterocycles. The molecule has 1 N–H and O–H groups in total. The van der Waals surface area contributed by atoms with Crippen LogP contribution in [0.25, 0.3) is 10.1 Å². The van der Waals surface area contributed by atoms with Crippen molar-refractivity contribution in [3.63, 3.8) is 0 Å². The number of nitro benzene ring substituents is 1. The zero-order valence-corrected chi connectivity index (χ0v) is 12.7. The maximum absolute atomic E-state index is 12.1. The number of nitrogens with zero attached hydrogens (tertiary/aromatic N) is 3. The van der Waals surface area contributed by atoms with Crippen molar-refractivity contribution in [2.75, 3.05) is 5.32 Å². The minimum atomic E-state index is -0.580. The van der Waals surface area contributed by atoms with Gasteiger partial charge in [0.05, 0.1) is 19.4 Å². The number of non-ortho nitro benzene ring substituents is 1. The topological polar surface area (TPSA) is 128 Å². The number of amides is 1. The number of nitrogens with one attached hydrogen (secondary N) is 1. The number of nitro groups is 2. The summed E-state index contributed by atoms with van der Waals surface area (Å²) in [6.45, 7) is 0. The minimum absolute atomic E-state index is 0.111. The van der Waals surface area contributed by atoms with Crippen molar-refractivity contribution >= 4 is 55.4 Å². The summed E-state index contributed by atoms with van der Waals surface area (Å²) >= 11 is 1.83. The van der Waals surface area contributed by atoms with Gasteiger partial charge < -0.3 is 5.32 Å². The lowest BCUT2D eigenvalue weighted by Gasteiger charge is -2.00. The molecule has 0 radical (unpaired) electrons. The second-order valence-corrected chi connectivity index (χ2v) is 6.19. The van der Waals surface area contributed by atoms with E-state index in [9.17, 15) is 25.0 Å². The Kier molecular flexibility index (Phi) is 3.72. The zero-order valence-electron chi connectivity index (χ0n) is 11.1. The number of carbonyl (C=O) groups is 1. The average Bonchev–Trinajstić information content (AvgIpc) is 3.14. The third kappa shape index (κ3) is 2.86. The van der Waals surface area contributed by atoms with Crippen LogP contribution in [0, 0.1) is 20.2 Å². The Bertz CT molecular complexity index is 948. The molecule has 9 nitrogen and oxygen atoms in total. The highest BCUT2D eigenvalue weighted by molar-refractivity contribution is 7.17. The number of rotatable bonds is 4. The van der Waals surface area contributed by atoms with Gasteiger partial charge in [0.1, 0.15) is 0 Å². The molecule has 0 aliphatic heterocycles. The molecule has 116 valence electrons. The van der Waals surface area contributed by atoms with E-state index in [2.05, 4.69) is 9.69 Å². The normalized spacial score (nSPS) is 10.6. The van der Waals surface area contributed by atoms with E-state index in [0.717, 1.165) is 22.9 Å². The van der Waals surface area contributed by atoms with Crippen molar-refractivity contribution in [1.29, 1.82) is 0 Å². The van der Waals surface area contributed by atoms with E-state index in [0.29, 0.717) is 10.1 Å². The lowest BCUT2D eigenvalue weighted by molar-refractivity contribution is -0.384. The summed E-state index contributed by atoms with van der Waals surface area (Å²) in [7, 11) is 0. The van der Waals surface area contributed by atoms with Crippen LogP contribution in [0.2, 0.25) is 0 Å². The molecule has 0 saturated heterocycles. The highest BCUT2D eigenvalue weighted by atomic mass is 32.1. The highest BCUT2D eigenvalue weighted by Crippen LogP contribution is 2.31. The van der Waals surface area contributed by atoms with Gasteiger partial charge in [-0.15, -0.1) is 0 Å². The van der Waals surface area contributed by atoms with Crippen molar-refractivity contribution in [3.8, 4) is 0 Å². The van der Waals surface area contributed by atoms with Crippen LogP contribution in [0.5, 0.6) is 0 Å². The smallest absolute Gasteiger partial charge is 0.304 e. The quantitative estimate of drug-likeness (QED) is 0.567. The Morgan fingerprint density at radius 1 is 1.13 bits per heavy atom. The van der Waals surface area contributed by atoms with E-state index < -0.39 is 15.8 Å². The Morgan fingerprint density at radius 2 is 1.91 bits per heavy atom. The molecule has 11 heteroatoms. The molecule has 1 amide bonds. The van der Waals surface area contributed by atoms with Gasteiger partial charge >= 0.3 is 5.00 Å². The van der Waals surface area contributed by atoms with Gasteiger partial charge in [-0.25, -0.2) is 0 Å². The molecular weight excluding hydrogens is 344 g/mol. The second-order valence-electron chi connectivity index (χ2n) is 4.32. The van der Waals surface area contributed by atoms with Gasteiger partial charge in [0.2, 0.25) is 0 Å². The van der Waals surface area contributed by atoms with Crippen LogP contribution >= 0.6 is 22.9 Å². The van der Waals surface area contributed by atoms with Gasteiger partial charge in [-0.2, -0.15) is 4.37 Å². The Labute approximate surface area is 135 Å². The molecule has 0 spiro atoms. The lowest BCUT2D eigenvalue weighted by atomic mass is 10.2. The van der Waals surface area contributed by atoms with E-state index in [1.54, 1.807) is 6.07 Å². The van der Waals surface area contributed by atoms with Gasteiger partial charge in [0, 0.05) is 23.6 Å². The molecule has 0 saturated carbocycles. The van der Waals surface area contributed by atoms with Crippen LogP contribution in [0.3, 0.4) is 0 Å². The molecule has 0 atom stereocenters. The first-order valence-corrected chi connectivity index (χ1v) is 7.64. The number of anilines is 1. The Hall–Kier alpha value is -2.92. The molecule has 0 aliphatic rings. The van der Waals surface area contributed by atoms with Crippen molar-refractivity contribution in [3.05, 3.63) is 55.4 Å². The van der Waals surface area contributed by atoms with Crippen molar-refractivity contribution < 1.29 is 14.6 Å². The summed E-state index contributed by atoms with van der Waals surface area (Å²) in [5, 5.41) is 24.3. The third-order valence-corrected chi connectivity index (χ3v) is 4.75. The number of fused-ring (bicyclic) bond motifs is 1. The molecule has 3 rings (SSSR count). The van der Waals surface area contributed by atoms with E-state index in [1.165, 1.54) is 24.3 Å². The summed E-state index contributed by atoms with van der Waals surface area (Å²) in [5.74, 6) is -0.364. The second kappa shape index (κ2) is 5.70. The summed E-state index contributed by atoms with van der Waals surface area (Å²) in [5.41, 5.74) is -0.111. The molecule has 0 bridgehead atoms. The molecule has 0 aliphatic carbocycles. The number of hydrogen-bond acceptors (Lipinski definition) is 8. The molecule has 1 aromatic carbocycles. The predicted molar refractivity (Wildman–Crippen MR) is 85.2 cm³/mol. The third-order valence-electron chi connectivity index (χ3n) is 2.89. The van der Waals surface area contributed by atoms with Crippen LogP contribution in [0.15, 0.2) is 30.3 Å². The lowest BCUT2D eigenvalue weighted by Crippen LogP contribution is -2.10. The van der Waals surface area contributed by atoms with Crippen LogP contribution < -0.4 is 5.32 Å².